The highest BCUT2D eigenvalue weighted by molar-refractivity contribution is 6.02. The lowest BCUT2D eigenvalue weighted by molar-refractivity contribution is 0.0696. The summed E-state index contributed by atoms with van der Waals surface area (Å²) >= 11 is 0. The Morgan fingerprint density at radius 3 is 2.31 bits per heavy atom. The van der Waals surface area contributed by atoms with Gasteiger partial charge in [-0.15, -0.1) is 24.8 Å². The second-order valence-electron chi connectivity index (χ2n) is 7.76. The van der Waals surface area contributed by atoms with Crippen LogP contribution in [0.5, 0.6) is 0 Å². The molecule has 1 heterocycles. The lowest BCUT2D eigenvalue weighted by Crippen LogP contribution is -2.37. The number of carboxylic acids is 1. The van der Waals surface area contributed by atoms with E-state index in [1.54, 1.807) is 18.2 Å². The van der Waals surface area contributed by atoms with Gasteiger partial charge in [0.15, 0.2) is 0 Å². The van der Waals surface area contributed by atoms with Crippen LogP contribution in [-0.4, -0.2) is 70.6 Å². The first-order chi connectivity index (χ1) is 14.5. The fourth-order valence-corrected chi connectivity index (χ4v) is 3.97. The molecule has 1 saturated heterocycles. The zero-order valence-corrected chi connectivity index (χ0v) is 21.0. The van der Waals surface area contributed by atoms with Crippen molar-refractivity contribution < 1.29 is 26.3 Å². The number of nitrogens with zero attached hydrogens (tertiary/aromatic N) is 1. The van der Waals surface area contributed by atoms with Crippen molar-refractivity contribution in [3.63, 3.8) is 0 Å². The molecule has 0 amide bonds. The third-order valence-corrected chi connectivity index (χ3v) is 5.59. The molecule has 1 aliphatic heterocycles. The Hall–Kier alpha value is -2.57. The Kier molecular flexibility index (Phi) is 18.8. The van der Waals surface area contributed by atoms with Gasteiger partial charge in [-0.1, -0.05) is 24.3 Å². The van der Waals surface area contributed by atoms with Gasteiger partial charge in [0, 0.05) is 24.9 Å². The number of nitrogens with two attached hydrogens (primary N) is 1. The van der Waals surface area contributed by atoms with Crippen molar-refractivity contribution >= 4 is 42.8 Å². The molecule has 12 N–H and O–H groups in total. The third-order valence-electron chi connectivity index (χ3n) is 5.59. The highest BCUT2D eigenvalue weighted by atomic mass is 35.5. The fraction of sp³-hybridized carbons (Fsp3) is 0.348. The van der Waals surface area contributed by atoms with Crippen LogP contribution in [0.4, 0.5) is 0 Å². The zero-order chi connectivity index (χ0) is 21.5. The molecule has 3 rings (SSSR count). The van der Waals surface area contributed by atoms with Crippen LogP contribution in [0.25, 0.3) is 11.1 Å². The van der Waals surface area contributed by atoms with E-state index in [-0.39, 0.29) is 52.6 Å². The highest BCUT2D eigenvalue weighted by Gasteiger charge is 2.18. The van der Waals surface area contributed by atoms with Crippen LogP contribution in [0.15, 0.2) is 42.5 Å². The monoisotopic (exact) mass is 533 g/mol. The van der Waals surface area contributed by atoms with E-state index < -0.39 is 5.97 Å². The largest absolute Gasteiger partial charge is 0.478 e. The average Bonchev–Trinajstić information content (AvgIpc) is 2.75. The predicted octanol–water partition coefficient (Wildman–Crippen LogP) is 1.16. The molecule has 198 valence electrons. The molecule has 35 heavy (non-hydrogen) atoms. The van der Waals surface area contributed by atoms with Crippen molar-refractivity contribution in [3.8, 4) is 11.1 Å². The van der Waals surface area contributed by atoms with Crippen LogP contribution in [0.2, 0.25) is 0 Å². The summed E-state index contributed by atoms with van der Waals surface area (Å²) in [5, 5.41) is 28.1. The minimum atomic E-state index is -0.975. The molecular formula is C23H37Cl2N5O5. The number of aromatic carboxylic acids is 1. The quantitative estimate of drug-likeness (QED) is 0.235. The van der Waals surface area contributed by atoms with Crippen molar-refractivity contribution in [2.45, 2.75) is 19.4 Å². The minimum absolute atomic E-state index is 0. The Morgan fingerprint density at radius 2 is 1.74 bits per heavy atom. The number of hydrogen-bond acceptors (Lipinski definition) is 5. The maximum atomic E-state index is 11.7. The maximum Gasteiger partial charge on any atom is 0.335 e. The number of amidine groups is 1. The number of nitrogen functional groups attached to an aromatic ring is 1. The zero-order valence-electron chi connectivity index (χ0n) is 19.3. The number of halogens is 2. The topological polar surface area (TPSA) is 221 Å². The predicted molar refractivity (Wildman–Crippen MR) is 145 cm³/mol. The molecule has 0 aliphatic carbocycles. The molecule has 2 aromatic carbocycles. The van der Waals surface area contributed by atoms with Gasteiger partial charge in [0.1, 0.15) is 5.84 Å². The van der Waals surface area contributed by atoms with Crippen molar-refractivity contribution in [2.24, 2.45) is 11.7 Å². The number of rotatable bonds is 9. The van der Waals surface area contributed by atoms with Crippen molar-refractivity contribution in [3.05, 3.63) is 59.2 Å². The molecule has 12 heteroatoms. The summed E-state index contributed by atoms with van der Waals surface area (Å²) in [7, 11) is 0. The van der Waals surface area contributed by atoms with Crippen LogP contribution in [0.3, 0.4) is 0 Å². The second-order valence-corrected chi connectivity index (χ2v) is 7.76. The van der Waals surface area contributed by atoms with E-state index in [9.17, 15) is 9.90 Å². The van der Waals surface area contributed by atoms with E-state index >= 15 is 0 Å². The number of likely N-dealkylation sites (tertiary alicyclic amines) is 1. The smallest absolute Gasteiger partial charge is 0.335 e. The van der Waals surface area contributed by atoms with Crippen LogP contribution in [0, 0.1) is 16.7 Å². The van der Waals surface area contributed by atoms with Gasteiger partial charge < -0.3 is 38.0 Å². The third kappa shape index (κ3) is 10.3. The molecule has 1 aliphatic rings. The Labute approximate surface area is 217 Å². The summed E-state index contributed by atoms with van der Waals surface area (Å²) in [6.45, 7) is 4.23. The van der Waals surface area contributed by atoms with Crippen LogP contribution >= 0.6 is 24.8 Å². The molecule has 0 spiro atoms. The van der Waals surface area contributed by atoms with Gasteiger partial charge in [0.05, 0.1) is 5.56 Å². The van der Waals surface area contributed by atoms with Gasteiger partial charge in [0.25, 0.3) is 0 Å². The summed E-state index contributed by atoms with van der Waals surface area (Å²) in [4.78, 5) is 13.9. The molecule has 0 bridgehead atoms. The van der Waals surface area contributed by atoms with Crippen molar-refractivity contribution in [1.82, 2.24) is 10.2 Å². The first-order valence-corrected chi connectivity index (χ1v) is 10.2. The van der Waals surface area contributed by atoms with Crippen molar-refractivity contribution in [1.29, 1.82) is 10.8 Å². The van der Waals surface area contributed by atoms with Crippen LogP contribution in [-0.2, 0) is 6.54 Å². The van der Waals surface area contributed by atoms with Gasteiger partial charge in [-0.25, -0.2) is 4.79 Å². The second kappa shape index (κ2) is 17.8. The maximum absolute atomic E-state index is 11.7. The van der Waals surface area contributed by atoms with E-state index in [4.69, 9.17) is 16.6 Å². The molecule has 0 unspecified atom stereocenters. The lowest BCUT2D eigenvalue weighted by atomic mass is 9.95. The van der Waals surface area contributed by atoms with E-state index in [0.717, 1.165) is 55.7 Å². The van der Waals surface area contributed by atoms with Gasteiger partial charge in [-0.05, 0) is 73.3 Å². The molecule has 0 radical (unpaired) electrons. The highest BCUT2D eigenvalue weighted by Crippen LogP contribution is 2.26. The van der Waals surface area contributed by atoms with Gasteiger partial charge in [-0.3, -0.25) is 10.3 Å². The number of nitrogens with one attached hydrogen (secondary N) is 3. The first kappa shape index (κ1) is 37.0. The fourth-order valence-electron chi connectivity index (χ4n) is 3.97. The van der Waals surface area contributed by atoms with E-state index in [0.29, 0.717) is 18.0 Å². The van der Waals surface area contributed by atoms with E-state index in [1.165, 1.54) is 6.21 Å². The number of piperidine rings is 1. The number of benzene rings is 2. The molecule has 10 nitrogen and oxygen atoms in total. The molecule has 0 aromatic heterocycles. The SMILES string of the molecule is Cl.Cl.N=CCN1CCC(CNCc2cc(C(=O)O)cc(-c3ccccc3C(=N)N)c2)CC1.O.O.O. The summed E-state index contributed by atoms with van der Waals surface area (Å²) in [5.74, 6) is -0.426. The number of carbonyl (C=O) groups is 1. The normalized spacial score (nSPS) is 12.9. The molecule has 2 aromatic rings. The van der Waals surface area contributed by atoms with Crippen molar-refractivity contribution in [2.75, 3.05) is 26.2 Å². The average molecular weight is 534 g/mol. The standard InChI is InChI=1S/C23H29N5O2.2ClH.3H2O/c24-7-10-28-8-5-16(6-9-28)14-27-15-17-11-18(13-19(12-17)23(29)30)20-3-1-2-4-21(20)22(25)26;;;;;/h1-4,7,11-13,16,24,27H,5-6,8-10,14-15H2,(H3,25,26)(H,29,30);2*1H;3*1H2. The van der Waals surface area contributed by atoms with Gasteiger partial charge in [-0.2, -0.15) is 0 Å². The van der Waals surface area contributed by atoms with Crippen LogP contribution < -0.4 is 11.1 Å². The first-order valence-electron chi connectivity index (χ1n) is 10.2. The van der Waals surface area contributed by atoms with Gasteiger partial charge in [0.2, 0.25) is 0 Å². The minimum Gasteiger partial charge on any atom is -0.478 e. The Balaban J connectivity index is -0.00000205. The molecule has 0 atom stereocenters. The van der Waals surface area contributed by atoms with Gasteiger partial charge >= 0.3 is 5.97 Å². The summed E-state index contributed by atoms with van der Waals surface area (Å²) in [6.07, 6.45) is 3.66. The van der Waals surface area contributed by atoms with E-state index in [2.05, 4.69) is 10.2 Å². The number of carboxylic acid groups (broad SMARTS) is 1. The summed E-state index contributed by atoms with van der Waals surface area (Å²) in [5.41, 5.74) is 8.93. The molecule has 0 saturated carbocycles. The lowest BCUT2D eigenvalue weighted by Gasteiger charge is -2.31. The Morgan fingerprint density at radius 1 is 1.11 bits per heavy atom. The summed E-state index contributed by atoms with van der Waals surface area (Å²) in [6, 6.07) is 12.6. The Bertz CT molecular complexity index is 940. The molecule has 1 fully saturated rings. The summed E-state index contributed by atoms with van der Waals surface area (Å²) < 4.78 is 0. The number of hydrogen-bond donors (Lipinski definition) is 5. The van der Waals surface area contributed by atoms with Crippen LogP contribution in [0.1, 0.15) is 34.3 Å². The molecular weight excluding hydrogens is 497 g/mol. The van der Waals surface area contributed by atoms with E-state index in [1.807, 2.05) is 24.3 Å².